The highest BCUT2D eigenvalue weighted by atomic mass is 16.2. The van der Waals surface area contributed by atoms with E-state index < -0.39 is 5.41 Å². The maximum Gasteiger partial charge on any atom is 0.235 e. The van der Waals surface area contributed by atoms with Gasteiger partial charge in [-0.05, 0) is 49.6 Å². The normalized spacial score (nSPS) is 15.6. The number of benzene rings is 2. The van der Waals surface area contributed by atoms with Crippen molar-refractivity contribution in [3.8, 4) is 0 Å². The highest BCUT2D eigenvalue weighted by Crippen LogP contribution is 2.42. The number of rotatable bonds is 5. The first kappa shape index (κ1) is 19.2. The van der Waals surface area contributed by atoms with Crippen LogP contribution in [0, 0.1) is 12.8 Å². The molecule has 0 bridgehead atoms. The Labute approximate surface area is 161 Å². The van der Waals surface area contributed by atoms with Gasteiger partial charge >= 0.3 is 0 Å². The molecule has 2 N–H and O–H groups in total. The van der Waals surface area contributed by atoms with Crippen LogP contribution >= 0.6 is 0 Å². The average Bonchev–Trinajstić information content (AvgIpc) is 3.15. The number of carbonyl (C=O) groups excluding carboxylic acids is 2. The van der Waals surface area contributed by atoms with Crippen LogP contribution in [0.2, 0.25) is 0 Å². The zero-order chi connectivity index (χ0) is 19.4. The van der Waals surface area contributed by atoms with Gasteiger partial charge in [0, 0.05) is 17.3 Å². The van der Waals surface area contributed by atoms with Crippen LogP contribution in [0.15, 0.2) is 48.5 Å². The van der Waals surface area contributed by atoms with Crippen LogP contribution in [0.1, 0.15) is 50.7 Å². The molecule has 0 unspecified atom stereocenters. The van der Waals surface area contributed by atoms with E-state index in [1.165, 1.54) is 5.56 Å². The van der Waals surface area contributed by atoms with Crippen LogP contribution in [-0.4, -0.2) is 11.8 Å². The Hall–Kier alpha value is -2.62. The van der Waals surface area contributed by atoms with Gasteiger partial charge in [0.2, 0.25) is 11.8 Å². The van der Waals surface area contributed by atoms with Gasteiger partial charge in [0.05, 0.1) is 5.41 Å². The molecule has 0 radical (unpaired) electrons. The van der Waals surface area contributed by atoms with E-state index in [0.29, 0.717) is 0 Å². The Morgan fingerprint density at radius 2 is 1.37 bits per heavy atom. The van der Waals surface area contributed by atoms with Crippen LogP contribution in [0.3, 0.4) is 0 Å². The number of anilines is 2. The van der Waals surface area contributed by atoms with Crippen molar-refractivity contribution in [3.05, 3.63) is 59.7 Å². The van der Waals surface area contributed by atoms with E-state index in [1.54, 1.807) is 0 Å². The SMILES string of the molecule is Cc1ccc(C2(C(=O)Nc3ccc(NC(=O)C(C)C)cc3)CCCC2)cc1. The zero-order valence-electron chi connectivity index (χ0n) is 16.3. The van der Waals surface area contributed by atoms with Crippen LogP contribution in [0.5, 0.6) is 0 Å². The van der Waals surface area contributed by atoms with Crippen molar-refractivity contribution < 1.29 is 9.59 Å². The number of amides is 2. The second-order valence-corrected chi connectivity index (χ2v) is 7.83. The van der Waals surface area contributed by atoms with Crippen molar-refractivity contribution in [3.63, 3.8) is 0 Å². The summed E-state index contributed by atoms with van der Waals surface area (Å²) in [4.78, 5) is 25.0. The Bertz CT molecular complexity index is 801. The summed E-state index contributed by atoms with van der Waals surface area (Å²) < 4.78 is 0. The van der Waals surface area contributed by atoms with Crippen molar-refractivity contribution in [2.45, 2.75) is 51.9 Å². The molecule has 4 nitrogen and oxygen atoms in total. The van der Waals surface area contributed by atoms with Crippen LogP contribution in [0.4, 0.5) is 11.4 Å². The first-order valence-electron chi connectivity index (χ1n) is 9.70. The van der Waals surface area contributed by atoms with E-state index in [2.05, 4.69) is 41.8 Å². The molecule has 0 heterocycles. The largest absolute Gasteiger partial charge is 0.326 e. The molecule has 4 heteroatoms. The Morgan fingerprint density at radius 1 is 0.852 bits per heavy atom. The lowest BCUT2D eigenvalue weighted by atomic mass is 9.77. The predicted molar refractivity (Wildman–Crippen MR) is 110 cm³/mol. The second kappa shape index (κ2) is 7.95. The topological polar surface area (TPSA) is 58.2 Å². The third kappa shape index (κ3) is 4.21. The van der Waals surface area contributed by atoms with E-state index in [9.17, 15) is 9.59 Å². The molecule has 3 rings (SSSR count). The summed E-state index contributed by atoms with van der Waals surface area (Å²) in [5, 5.41) is 5.95. The number of carbonyl (C=O) groups is 2. The third-order valence-electron chi connectivity index (χ3n) is 5.43. The summed E-state index contributed by atoms with van der Waals surface area (Å²) in [5.41, 5.74) is 3.34. The molecule has 0 atom stereocenters. The summed E-state index contributed by atoms with van der Waals surface area (Å²) in [6.07, 6.45) is 3.90. The average molecular weight is 364 g/mol. The van der Waals surface area contributed by atoms with Gasteiger partial charge in [-0.15, -0.1) is 0 Å². The number of hydrogen-bond donors (Lipinski definition) is 2. The number of hydrogen-bond acceptors (Lipinski definition) is 2. The van der Waals surface area contributed by atoms with Crippen molar-refractivity contribution in [1.82, 2.24) is 0 Å². The van der Waals surface area contributed by atoms with E-state index in [-0.39, 0.29) is 17.7 Å². The van der Waals surface area contributed by atoms with Crippen molar-refractivity contribution >= 4 is 23.2 Å². The molecule has 2 aromatic rings. The molecule has 0 aliphatic heterocycles. The maximum atomic E-state index is 13.2. The molecule has 0 spiro atoms. The number of aryl methyl sites for hydroxylation is 1. The van der Waals surface area contributed by atoms with Crippen LogP contribution < -0.4 is 10.6 Å². The Kier molecular flexibility index (Phi) is 5.64. The van der Waals surface area contributed by atoms with Crippen LogP contribution in [-0.2, 0) is 15.0 Å². The quantitative estimate of drug-likeness (QED) is 0.781. The van der Waals surface area contributed by atoms with Gasteiger partial charge in [-0.1, -0.05) is 56.5 Å². The second-order valence-electron chi connectivity index (χ2n) is 7.83. The molecule has 1 aliphatic rings. The van der Waals surface area contributed by atoms with Crippen molar-refractivity contribution in [2.75, 3.05) is 10.6 Å². The van der Waals surface area contributed by atoms with Gasteiger partial charge in [-0.2, -0.15) is 0 Å². The lowest BCUT2D eigenvalue weighted by Gasteiger charge is -2.28. The molecule has 0 saturated heterocycles. The number of nitrogens with one attached hydrogen (secondary N) is 2. The van der Waals surface area contributed by atoms with E-state index in [4.69, 9.17) is 0 Å². The highest BCUT2D eigenvalue weighted by Gasteiger charge is 2.42. The fraction of sp³-hybridized carbons (Fsp3) is 0.391. The Morgan fingerprint density at radius 3 is 1.89 bits per heavy atom. The van der Waals surface area contributed by atoms with E-state index in [1.807, 2.05) is 38.1 Å². The maximum absolute atomic E-state index is 13.2. The minimum atomic E-state index is -0.446. The first-order valence-corrected chi connectivity index (χ1v) is 9.70. The van der Waals surface area contributed by atoms with Gasteiger partial charge in [0.15, 0.2) is 0 Å². The van der Waals surface area contributed by atoms with Gasteiger partial charge < -0.3 is 10.6 Å². The molecule has 1 aliphatic carbocycles. The summed E-state index contributed by atoms with van der Waals surface area (Å²) in [5.74, 6) is -0.0278. The smallest absolute Gasteiger partial charge is 0.235 e. The molecular formula is C23H28N2O2. The monoisotopic (exact) mass is 364 g/mol. The summed E-state index contributed by atoms with van der Waals surface area (Å²) in [7, 11) is 0. The molecule has 0 aromatic heterocycles. The summed E-state index contributed by atoms with van der Waals surface area (Å²) >= 11 is 0. The van der Waals surface area contributed by atoms with Gasteiger partial charge in [0.1, 0.15) is 0 Å². The fourth-order valence-corrected chi connectivity index (χ4v) is 3.67. The zero-order valence-corrected chi connectivity index (χ0v) is 16.3. The molecule has 2 aromatic carbocycles. The minimum absolute atomic E-state index is 0.0175. The standard InChI is InChI=1S/C23H28N2O2/c1-16(2)21(26)24-19-10-12-20(13-11-19)25-22(27)23(14-4-5-15-23)18-8-6-17(3)7-9-18/h6-13,16H,4-5,14-15H2,1-3H3,(H,24,26)(H,25,27). The highest BCUT2D eigenvalue weighted by molar-refractivity contribution is 6.00. The van der Waals surface area contributed by atoms with E-state index >= 15 is 0 Å². The molecule has 1 fully saturated rings. The molecule has 2 amide bonds. The van der Waals surface area contributed by atoms with Gasteiger partial charge in [0.25, 0.3) is 0 Å². The molecular weight excluding hydrogens is 336 g/mol. The van der Waals surface area contributed by atoms with Gasteiger partial charge in [-0.25, -0.2) is 0 Å². The first-order chi connectivity index (χ1) is 12.9. The lowest BCUT2D eigenvalue weighted by Crippen LogP contribution is -2.38. The molecule has 27 heavy (non-hydrogen) atoms. The third-order valence-corrected chi connectivity index (χ3v) is 5.43. The van der Waals surface area contributed by atoms with Crippen molar-refractivity contribution in [1.29, 1.82) is 0 Å². The fourth-order valence-electron chi connectivity index (χ4n) is 3.67. The summed E-state index contributed by atoms with van der Waals surface area (Å²) in [6, 6.07) is 15.7. The predicted octanol–water partition coefficient (Wildman–Crippen LogP) is 5.04. The van der Waals surface area contributed by atoms with Crippen LogP contribution in [0.25, 0.3) is 0 Å². The molecule has 142 valence electrons. The molecule has 1 saturated carbocycles. The summed E-state index contributed by atoms with van der Waals surface area (Å²) in [6.45, 7) is 5.77. The van der Waals surface area contributed by atoms with Gasteiger partial charge in [-0.3, -0.25) is 9.59 Å². The Balaban J connectivity index is 1.75. The van der Waals surface area contributed by atoms with Crippen molar-refractivity contribution in [2.24, 2.45) is 5.92 Å². The lowest BCUT2D eigenvalue weighted by molar-refractivity contribution is -0.121. The minimum Gasteiger partial charge on any atom is -0.326 e. The van der Waals surface area contributed by atoms with E-state index in [0.717, 1.165) is 42.6 Å².